The third kappa shape index (κ3) is 4.76. The Balaban J connectivity index is 1.82. The van der Waals surface area contributed by atoms with Gasteiger partial charge >= 0.3 is 5.97 Å². The fourth-order valence-corrected chi connectivity index (χ4v) is 3.91. The molecule has 0 bridgehead atoms. The first-order chi connectivity index (χ1) is 15.1. The van der Waals surface area contributed by atoms with Crippen molar-refractivity contribution >= 4 is 23.4 Å². The summed E-state index contributed by atoms with van der Waals surface area (Å²) in [6.45, 7) is 3.18. The van der Waals surface area contributed by atoms with E-state index in [4.69, 9.17) is 26.1 Å². The first kappa shape index (κ1) is 21.4. The van der Waals surface area contributed by atoms with Crippen molar-refractivity contribution < 1.29 is 18.7 Å². The molecule has 2 aliphatic heterocycles. The average molecular weight is 445 g/mol. The highest BCUT2D eigenvalue weighted by molar-refractivity contribution is 6.31. The molecule has 0 amide bonds. The summed E-state index contributed by atoms with van der Waals surface area (Å²) in [6.07, 6.45) is 1.67. The van der Waals surface area contributed by atoms with E-state index < -0.39 is 17.8 Å². The number of methoxy groups -OCH3 is 1. The third-order valence-electron chi connectivity index (χ3n) is 5.18. The van der Waals surface area contributed by atoms with E-state index in [1.165, 1.54) is 19.2 Å². The molecule has 1 aromatic carbocycles. The van der Waals surface area contributed by atoms with Crippen molar-refractivity contribution in [1.82, 2.24) is 15.2 Å². The smallest absolute Gasteiger partial charge is 0.338 e. The SMILES string of the molecule is COC(=O)C1=C(CN2CCOCC2)NC(c2ccccn2)=N[C@H]1c1ccc(F)cc1Cl. The van der Waals surface area contributed by atoms with Crippen LogP contribution in [-0.4, -0.2) is 61.6 Å². The number of esters is 1. The standard InChI is InChI=1S/C22H22ClFN4O3/c1-30-22(29)19-18(13-28-8-10-31-11-9-28)26-21(17-4-2-3-7-25-17)27-20(19)15-6-5-14(24)12-16(15)23/h2-7,12,20H,8-11,13H2,1H3,(H,26,27)/t20-/m0/s1. The van der Waals surface area contributed by atoms with E-state index >= 15 is 0 Å². The monoisotopic (exact) mass is 444 g/mol. The molecule has 4 rings (SSSR count). The van der Waals surface area contributed by atoms with Gasteiger partial charge in [-0.25, -0.2) is 9.18 Å². The van der Waals surface area contributed by atoms with Crippen molar-refractivity contribution in [2.75, 3.05) is 40.0 Å². The zero-order chi connectivity index (χ0) is 21.8. The summed E-state index contributed by atoms with van der Waals surface area (Å²) in [6, 6.07) is 8.78. The Labute approximate surface area is 184 Å². The number of hydrogen-bond donors (Lipinski definition) is 1. The molecule has 31 heavy (non-hydrogen) atoms. The minimum absolute atomic E-state index is 0.183. The molecule has 1 aromatic heterocycles. The van der Waals surface area contributed by atoms with Crippen molar-refractivity contribution in [3.05, 3.63) is 76.0 Å². The van der Waals surface area contributed by atoms with Crippen molar-refractivity contribution in [3.8, 4) is 0 Å². The van der Waals surface area contributed by atoms with Crippen LogP contribution in [0.15, 0.2) is 58.9 Å². The zero-order valence-corrected chi connectivity index (χ0v) is 17.7. The van der Waals surface area contributed by atoms with Crippen LogP contribution < -0.4 is 5.32 Å². The first-order valence-electron chi connectivity index (χ1n) is 9.89. The second kappa shape index (κ2) is 9.55. The molecule has 1 saturated heterocycles. The number of halogens is 2. The largest absolute Gasteiger partial charge is 0.466 e. The number of aliphatic imine (C=N–C) groups is 1. The van der Waals surface area contributed by atoms with Crippen molar-refractivity contribution in [2.24, 2.45) is 4.99 Å². The van der Waals surface area contributed by atoms with Gasteiger partial charge in [-0.05, 0) is 24.3 Å². The lowest BCUT2D eigenvalue weighted by atomic mass is 9.95. The topological polar surface area (TPSA) is 76.0 Å². The summed E-state index contributed by atoms with van der Waals surface area (Å²) in [5.41, 5.74) is 2.11. The highest BCUT2D eigenvalue weighted by Gasteiger charge is 2.34. The van der Waals surface area contributed by atoms with Gasteiger partial charge in [-0.3, -0.25) is 14.9 Å². The third-order valence-corrected chi connectivity index (χ3v) is 5.51. The van der Waals surface area contributed by atoms with Crippen LogP contribution in [0.2, 0.25) is 5.02 Å². The fourth-order valence-electron chi connectivity index (χ4n) is 3.63. The van der Waals surface area contributed by atoms with Gasteiger partial charge in [0.25, 0.3) is 0 Å². The number of nitrogens with zero attached hydrogens (tertiary/aromatic N) is 3. The molecule has 2 aliphatic rings. The molecule has 1 atom stereocenters. The molecular formula is C22H22ClFN4O3. The summed E-state index contributed by atoms with van der Waals surface area (Å²) in [5.74, 6) is -0.486. The Morgan fingerprint density at radius 2 is 2.13 bits per heavy atom. The van der Waals surface area contributed by atoms with E-state index in [0.717, 1.165) is 13.1 Å². The lowest BCUT2D eigenvalue weighted by molar-refractivity contribution is -0.136. The number of aromatic nitrogens is 1. The molecule has 2 aromatic rings. The van der Waals surface area contributed by atoms with Crippen LogP contribution >= 0.6 is 11.6 Å². The molecule has 0 radical (unpaired) electrons. The van der Waals surface area contributed by atoms with Crippen LogP contribution in [0, 0.1) is 5.82 Å². The number of carbonyl (C=O) groups excluding carboxylic acids is 1. The lowest BCUT2D eigenvalue weighted by Gasteiger charge is -2.32. The van der Waals surface area contributed by atoms with Gasteiger partial charge < -0.3 is 14.8 Å². The van der Waals surface area contributed by atoms with E-state index in [-0.39, 0.29) is 5.02 Å². The Kier molecular flexibility index (Phi) is 6.60. The molecule has 0 aliphatic carbocycles. The van der Waals surface area contributed by atoms with Crippen LogP contribution in [0.5, 0.6) is 0 Å². The molecule has 162 valence electrons. The minimum atomic E-state index is -0.769. The summed E-state index contributed by atoms with van der Waals surface area (Å²) < 4.78 is 24.2. The Hall–Kier alpha value is -2.81. The summed E-state index contributed by atoms with van der Waals surface area (Å²) in [7, 11) is 1.32. The highest BCUT2D eigenvalue weighted by atomic mass is 35.5. The number of hydrogen-bond acceptors (Lipinski definition) is 7. The number of ether oxygens (including phenoxy) is 2. The number of nitrogens with one attached hydrogen (secondary N) is 1. The maximum absolute atomic E-state index is 13.7. The van der Waals surface area contributed by atoms with Gasteiger partial charge in [0.05, 0.1) is 25.9 Å². The Bertz CT molecular complexity index is 1020. The normalized spacial score (nSPS) is 19.6. The molecule has 0 spiro atoms. The Morgan fingerprint density at radius 3 is 2.81 bits per heavy atom. The molecule has 0 unspecified atom stereocenters. The maximum Gasteiger partial charge on any atom is 0.338 e. The number of benzene rings is 1. The van der Waals surface area contributed by atoms with Gasteiger partial charge in [-0.15, -0.1) is 0 Å². The summed E-state index contributed by atoms with van der Waals surface area (Å²) in [5, 5.41) is 3.46. The van der Waals surface area contributed by atoms with Crippen LogP contribution in [-0.2, 0) is 14.3 Å². The van der Waals surface area contributed by atoms with Crippen molar-refractivity contribution in [3.63, 3.8) is 0 Å². The number of morpholine rings is 1. The first-order valence-corrected chi connectivity index (χ1v) is 10.3. The van der Waals surface area contributed by atoms with E-state index in [1.54, 1.807) is 12.3 Å². The maximum atomic E-state index is 13.7. The molecule has 0 saturated carbocycles. The minimum Gasteiger partial charge on any atom is -0.466 e. The van der Waals surface area contributed by atoms with Gasteiger partial charge in [0.1, 0.15) is 17.6 Å². The van der Waals surface area contributed by atoms with E-state index in [1.807, 2.05) is 18.2 Å². The van der Waals surface area contributed by atoms with E-state index in [9.17, 15) is 9.18 Å². The molecule has 1 N–H and O–H groups in total. The van der Waals surface area contributed by atoms with Gasteiger partial charge in [0.15, 0.2) is 5.84 Å². The lowest BCUT2D eigenvalue weighted by Crippen LogP contribution is -2.43. The van der Waals surface area contributed by atoms with E-state index in [0.29, 0.717) is 48.1 Å². The van der Waals surface area contributed by atoms with Crippen LogP contribution in [0.4, 0.5) is 4.39 Å². The van der Waals surface area contributed by atoms with Crippen LogP contribution in [0.3, 0.4) is 0 Å². The highest BCUT2D eigenvalue weighted by Crippen LogP contribution is 2.36. The molecule has 9 heteroatoms. The number of rotatable bonds is 5. The zero-order valence-electron chi connectivity index (χ0n) is 17.0. The predicted molar refractivity (Wildman–Crippen MR) is 114 cm³/mol. The van der Waals surface area contributed by atoms with E-state index in [2.05, 4.69) is 15.2 Å². The number of pyridine rings is 1. The average Bonchev–Trinajstić information content (AvgIpc) is 2.79. The van der Waals surface area contributed by atoms with Crippen LogP contribution in [0.25, 0.3) is 0 Å². The number of carbonyl (C=O) groups is 1. The summed E-state index contributed by atoms with van der Waals surface area (Å²) >= 11 is 6.36. The fraction of sp³-hybridized carbons (Fsp3) is 0.318. The molecular weight excluding hydrogens is 423 g/mol. The molecule has 3 heterocycles. The van der Waals surface area contributed by atoms with Gasteiger partial charge in [0, 0.05) is 42.1 Å². The van der Waals surface area contributed by atoms with Crippen LogP contribution in [0.1, 0.15) is 17.3 Å². The van der Waals surface area contributed by atoms with Gasteiger partial charge in [0.2, 0.25) is 0 Å². The molecule has 7 nitrogen and oxygen atoms in total. The Morgan fingerprint density at radius 1 is 1.32 bits per heavy atom. The van der Waals surface area contributed by atoms with Gasteiger partial charge in [-0.2, -0.15) is 0 Å². The van der Waals surface area contributed by atoms with Crippen molar-refractivity contribution in [2.45, 2.75) is 6.04 Å². The second-order valence-corrected chi connectivity index (χ2v) is 7.57. The predicted octanol–water partition coefficient (Wildman–Crippen LogP) is 2.72. The quantitative estimate of drug-likeness (QED) is 0.715. The number of amidine groups is 1. The van der Waals surface area contributed by atoms with Gasteiger partial charge in [-0.1, -0.05) is 23.7 Å². The summed E-state index contributed by atoms with van der Waals surface area (Å²) in [4.78, 5) is 24.2. The molecule has 1 fully saturated rings. The van der Waals surface area contributed by atoms with Crippen molar-refractivity contribution in [1.29, 1.82) is 0 Å². The second-order valence-electron chi connectivity index (χ2n) is 7.16.